The standard InChI is InChI=1S/C16H18O3/c1-11-3-4-12(9-16(11)19-2)5-6-13-7-14(17)10-15(18)8-13/h3-4,7-10,17-18H,5-6H2,1-2H3. The van der Waals surface area contributed by atoms with Crippen LogP contribution in [0.5, 0.6) is 17.2 Å². The normalized spacial score (nSPS) is 10.4. The number of hydrogen-bond donors (Lipinski definition) is 2. The minimum Gasteiger partial charge on any atom is -0.508 e. The summed E-state index contributed by atoms with van der Waals surface area (Å²) in [5.41, 5.74) is 3.20. The molecule has 0 heterocycles. The summed E-state index contributed by atoms with van der Waals surface area (Å²) in [6, 6.07) is 10.8. The van der Waals surface area contributed by atoms with Gasteiger partial charge in [-0.1, -0.05) is 12.1 Å². The molecule has 2 N–H and O–H groups in total. The fourth-order valence-corrected chi connectivity index (χ4v) is 2.11. The third-order valence-corrected chi connectivity index (χ3v) is 3.14. The molecule has 2 rings (SSSR count). The Morgan fingerprint density at radius 3 is 2.16 bits per heavy atom. The molecule has 0 unspecified atom stereocenters. The smallest absolute Gasteiger partial charge is 0.122 e. The Balaban J connectivity index is 2.10. The molecule has 0 radical (unpaired) electrons. The Labute approximate surface area is 113 Å². The highest BCUT2D eigenvalue weighted by Crippen LogP contribution is 2.23. The van der Waals surface area contributed by atoms with Gasteiger partial charge in [0.25, 0.3) is 0 Å². The Hall–Kier alpha value is -2.16. The number of aromatic hydroxyl groups is 2. The van der Waals surface area contributed by atoms with E-state index in [9.17, 15) is 10.2 Å². The number of methoxy groups -OCH3 is 1. The Morgan fingerprint density at radius 2 is 1.53 bits per heavy atom. The van der Waals surface area contributed by atoms with Crippen molar-refractivity contribution in [2.45, 2.75) is 19.8 Å². The van der Waals surface area contributed by atoms with Gasteiger partial charge in [-0.3, -0.25) is 0 Å². The van der Waals surface area contributed by atoms with Crippen molar-refractivity contribution in [2.75, 3.05) is 7.11 Å². The van der Waals surface area contributed by atoms with Crippen LogP contribution in [0.2, 0.25) is 0 Å². The van der Waals surface area contributed by atoms with E-state index in [4.69, 9.17) is 4.74 Å². The van der Waals surface area contributed by atoms with E-state index in [1.54, 1.807) is 19.2 Å². The summed E-state index contributed by atoms with van der Waals surface area (Å²) in [4.78, 5) is 0. The molecule has 0 atom stereocenters. The van der Waals surface area contributed by atoms with Gasteiger partial charge in [0.05, 0.1) is 7.11 Å². The predicted octanol–water partition coefficient (Wildman–Crippen LogP) is 3.20. The molecule has 2 aromatic carbocycles. The monoisotopic (exact) mass is 258 g/mol. The molecule has 0 aliphatic carbocycles. The molecule has 0 saturated heterocycles. The lowest BCUT2D eigenvalue weighted by molar-refractivity contribution is 0.411. The Morgan fingerprint density at radius 1 is 0.895 bits per heavy atom. The molecule has 0 aliphatic rings. The summed E-state index contributed by atoms with van der Waals surface area (Å²) in [7, 11) is 1.67. The second-order valence-electron chi connectivity index (χ2n) is 4.66. The molecule has 100 valence electrons. The van der Waals surface area contributed by atoms with E-state index in [-0.39, 0.29) is 11.5 Å². The number of phenols is 2. The minimum atomic E-state index is 0.0940. The lowest BCUT2D eigenvalue weighted by Crippen LogP contribution is -1.94. The van der Waals surface area contributed by atoms with E-state index in [0.717, 1.165) is 29.7 Å². The zero-order valence-corrected chi connectivity index (χ0v) is 11.2. The summed E-state index contributed by atoms with van der Waals surface area (Å²) in [5, 5.41) is 18.9. The van der Waals surface area contributed by atoms with Gasteiger partial charge < -0.3 is 14.9 Å². The van der Waals surface area contributed by atoms with Gasteiger partial charge in [0.15, 0.2) is 0 Å². The number of phenolic OH excluding ortho intramolecular Hbond substituents is 2. The Bertz CT molecular complexity index is 556. The molecular formula is C16H18O3. The number of hydrogen-bond acceptors (Lipinski definition) is 3. The molecular weight excluding hydrogens is 240 g/mol. The molecule has 3 heteroatoms. The van der Waals surface area contributed by atoms with Crippen LogP contribution < -0.4 is 4.74 Å². The van der Waals surface area contributed by atoms with Gasteiger partial charge in [-0.25, -0.2) is 0 Å². The van der Waals surface area contributed by atoms with Crippen molar-refractivity contribution in [3.8, 4) is 17.2 Å². The second kappa shape index (κ2) is 5.65. The highest BCUT2D eigenvalue weighted by Gasteiger charge is 2.03. The molecule has 3 nitrogen and oxygen atoms in total. The highest BCUT2D eigenvalue weighted by atomic mass is 16.5. The van der Waals surface area contributed by atoms with Crippen LogP contribution in [-0.2, 0) is 12.8 Å². The van der Waals surface area contributed by atoms with Gasteiger partial charge in [0, 0.05) is 6.07 Å². The van der Waals surface area contributed by atoms with Gasteiger partial charge >= 0.3 is 0 Å². The molecule has 0 saturated carbocycles. The molecule has 19 heavy (non-hydrogen) atoms. The summed E-state index contributed by atoms with van der Waals surface area (Å²) >= 11 is 0. The molecule has 2 aromatic rings. The van der Waals surface area contributed by atoms with Crippen LogP contribution in [0.15, 0.2) is 36.4 Å². The maximum absolute atomic E-state index is 9.43. The van der Waals surface area contributed by atoms with Crippen LogP contribution in [0.1, 0.15) is 16.7 Å². The molecule has 0 fully saturated rings. The van der Waals surface area contributed by atoms with E-state index in [1.165, 1.54) is 11.6 Å². The van der Waals surface area contributed by atoms with E-state index in [1.807, 2.05) is 19.1 Å². The van der Waals surface area contributed by atoms with Crippen molar-refractivity contribution < 1.29 is 14.9 Å². The van der Waals surface area contributed by atoms with Crippen molar-refractivity contribution >= 4 is 0 Å². The number of rotatable bonds is 4. The van der Waals surface area contributed by atoms with E-state index < -0.39 is 0 Å². The predicted molar refractivity (Wildman–Crippen MR) is 74.9 cm³/mol. The average Bonchev–Trinajstić information content (AvgIpc) is 2.36. The topological polar surface area (TPSA) is 49.7 Å². The molecule has 0 bridgehead atoms. The van der Waals surface area contributed by atoms with Gasteiger partial charge in [0.2, 0.25) is 0 Å². The number of benzene rings is 2. The minimum absolute atomic E-state index is 0.0940. The first-order valence-electron chi connectivity index (χ1n) is 6.24. The van der Waals surface area contributed by atoms with Crippen molar-refractivity contribution in [1.29, 1.82) is 0 Å². The van der Waals surface area contributed by atoms with Gasteiger partial charge in [0.1, 0.15) is 17.2 Å². The van der Waals surface area contributed by atoms with Gasteiger partial charge in [-0.05, 0) is 54.7 Å². The lowest BCUT2D eigenvalue weighted by Gasteiger charge is -2.08. The van der Waals surface area contributed by atoms with Crippen LogP contribution in [0.3, 0.4) is 0 Å². The van der Waals surface area contributed by atoms with Gasteiger partial charge in [-0.2, -0.15) is 0 Å². The largest absolute Gasteiger partial charge is 0.508 e. The second-order valence-corrected chi connectivity index (χ2v) is 4.66. The number of aryl methyl sites for hydroxylation is 3. The van der Waals surface area contributed by atoms with Crippen LogP contribution in [0.4, 0.5) is 0 Å². The van der Waals surface area contributed by atoms with Crippen molar-refractivity contribution in [3.63, 3.8) is 0 Å². The van der Waals surface area contributed by atoms with E-state index >= 15 is 0 Å². The van der Waals surface area contributed by atoms with Crippen LogP contribution in [0, 0.1) is 6.92 Å². The first kappa shape index (κ1) is 13.3. The third-order valence-electron chi connectivity index (χ3n) is 3.14. The first-order chi connectivity index (χ1) is 9.08. The van der Waals surface area contributed by atoms with E-state index in [0.29, 0.717) is 0 Å². The zero-order valence-electron chi connectivity index (χ0n) is 11.2. The van der Waals surface area contributed by atoms with Crippen LogP contribution in [-0.4, -0.2) is 17.3 Å². The summed E-state index contributed by atoms with van der Waals surface area (Å²) in [6.07, 6.45) is 1.59. The summed E-state index contributed by atoms with van der Waals surface area (Å²) in [5.74, 6) is 1.07. The first-order valence-corrected chi connectivity index (χ1v) is 6.24. The maximum Gasteiger partial charge on any atom is 0.122 e. The molecule has 0 amide bonds. The third kappa shape index (κ3) is 3.41. The quantitative estimate of drug-likeness (QED) is 0.885. The Kier molecular flexibility index (Phi) is 3.95. The SMILES string of the molecule is COc1cc(CCc2cc(O)cc(O)c2)ccc1C. The van der Waals surface area contributed by atoms with Crippen molar-refractivity contribution in [3.05, 3.63) is 53.1 Å². The molecule has 0 aromatic heterocycles. The van der Waals surface area contributed by atoms with Gasteiger partial charge in [-0.15, -0.1) is 0 Å². The zero-order chi connectivity index (χ0) is 13.8. The summed E-state index contributed by atoms with van der Waals surface area (Å²) in [6.45, 7) is 2.01. The molecule has 0 spiro atoms. The van der Waals surface area contributed by atoms with E-state index in [2.05, 4.69) is 6.07 Å². The fourth-order valence-electron chi connectivity index (χ4n) is 2.11. The average molecular weight is 258 g/mol. The number of ether oxygens (including phenoxy) is 1. The van der Waals surface area contributed by atoms with Crippen molar-refractivity contribution in [1.82, 2.24) is 0 Å². The fraction of sp³-hybridized carbons (Fsp3) is 0.250. The van der Waals surface area contributed by atoms with Crippen LogP contribution >= 0.6 is 0 Å². The van der Waals surface area contributed by atoms with Crippen LogP contribution in [0.25, 0.3) is 0 Å². The van der Waals surface area contributed by atoms with Crippen molar-refractivity contribution in [2.24, 2.45) is 0 Å². The lowest BCUT2D eigenvalue weighted by atomic mass is 10.0. The summed E-state index contributed by atoms with van der Waals surface area (Å²) < 4.78 is 5.30. The molecule has 0 aliphatic heterocycles. The highest BCUT2D eigenvalue weighted by molar-refractivity contribution is 5.39. The maximum atomic E-state index is 9.43.